The van der Waals surface area contributed by atoms with Crippen LogP contribution in [0.5, 0.6) is 0 Å². The maximum Gasteiger partial charge on any atom is 0.259 e. The zero-order chi connectivity index (χ0) is 22.5. The summed E-state index contributed by atoms with van der Waals surface area (Å²) in [5.41, 5.74) is 7.67. The highest BCUT2D eigenvalue weighted by atomic mass is 35.5. The number of nitrogens with two attached hydrogens (primary N) is 1. The molecule has 0 radical (unpaired) electrons. The fourth-order valence-corrected chi connectivity index (χ4v) is 3.29. The molecule has 0 fully saturated rings. The number of nitrogens with zero attached hydrogens (tertiary/aromatic N) is 2. The third-order valence-corrected chi connectivity index (χ3v) is 4.69. The summed E-state index contributed by atoms with van der Waals surface area (Å²) < 4.78 is 1.69. The quantitative estimate of drug-likeness (QED) is 0.524. The Kier molecular flexibility index (Phi) is 6.71. The molecule has 2 aromatic carbocycles. The van der Waals surface area contributed by atoms with E-state index in [0.29, 0.717) is 16.3 Å². The first-order chi connectivity index (χ1) is 14.8. The standard InChI is InChI=1S/C22H22ClN5O3/c1-13(2)20-18(11-26-28(20)17-8-4-6-15(23)10-17)22(31)27-16-7-3-5-14(9-16)21(30)25-12-19(24)29/h3-11,13H,12H2,1-2H3,(H2,24,29)(H,25,30)(H,27,31). The molecule has 9 heteroatoms. The second-order valence-corrected chi connectivity index (χ2v) is 7.61. The van der Waals surface area contributed by atoms with Gasteiger partial charge in [0.2, 0.25) is 5.91 Å². The average Bonchev–Trinajstić information content (AvgIpc) is 3.18. The number of rotatable bonds is 7. The van der Waals surface area contributed by atoms with Crippen molar-refractivity contribution in [2.45, 2.75) is 19.8 Å². The highest BCUT2D eigenvalue weighted by Gasteiger charge is 2.21. The molecule has 0 saturated heterocycles. The van der Waals surface area contributed by atoms with Gasteiger partial charge in [-0.2, -0.15) is 5.10 Å². The molecule has 8 nitrogen and oxygen atoms in total. The number of carbonyl (C=O) groups is 3. The number of primary amides is 1. The van der Waals surface area contributed by atoms with Gasteiger partial charge in [-0.1, -0.05) is 37.6 Å². The summed E-state index contributed by atoms with van der Waals surface area (Å²) in [6.45, 7) is 3.67. The van der Waals surface area contributed by atoms with E-state index in [0.717, 1.165) is 11.4 Å². The van der Waals surface area contributed by atoms with Crippen LogP contribution in [0.4, 0.5) is 5.69 Å². The largest absolute Gasteiger partial charge is 0.368 e. The zero-order valence-corrected chi connectivity index (χ0v) is 17.8. The van der Waals surface area contributed by atoms with Crippen molar-refractivity contribution in [3.05, 3.63) is 76.6 Å². The summed E-state index contributed by atoms with van der Waals surface area (Å²) in [4.78, 5) is 36.0. The predicted octanol–water partition coefficient (Wildman–Crippen LogP) is 3.12. The van der Waals surface area contributed by atoms with Crippen LogP contribution in [-0.4, -0.2) is 34.0 Å². The molecule has 4 N–H and O–H groups in total. The first-order valence-corrected chi connectivity index (χ1v) is 9.96. The molecule has 0 unspecified atom stereocenters. The summed E-state index contributed by atoms with van der Waals surface area (Å²) in [5, 5.41) is 10.2. The molecule has 31 heavy (non-hydrogen) atoms. The molecule has 0 bridgehead atoms. The SMILES string of the molecule is CC(C)c1c(C(=O)Nc2cccc(C(=O)NCC(N)=O)c2)cnn1-c1cccc(Cl)c1. The van der Waals surface area contributed by atoms with Crippen LogP contribution in [0, 0.1) is 0 Å². The molecule has 3 rings (SSSR count). The highest BCUT2D eigenvalue weighted by molar-refractivity contribution is 6.30. The van der Waals surface area contributed by atoms with Crippen LogP contribution in [0.25, 0.3) is 5.69 Å². The molecule has 0 aliphatic carbocycles. The van der Waals surface area contributed by atoms with Gasteiger partial charge < -0.3 is 16.4 Å². The summed E-state index contributed by atoms with van der Waals surface area (Å²) in [7, 11) is 0. The van der Waals surface area contributed by atoms with Gasteiger partial charge in [0.15, 0.2) is 0 Å². The highest BCUT2D eigenvalue weighted by Crippen LogP contribution is 2.25. The van der Waals surface area contributed by atoms with Crippen molar-refractivity contribution in [2.75, 3.05) is 11.9 Å². The molecule has 0 saturated carbocycles. The molecule has 0 aliphatic heterocycles. The Morgan fingerprint density at radius 3 is 2.52 bits per heavy atom. The molecular formula is C22H22ClN5O3. The van der Waals surface area contributed by atoms with Gasteiger partial charge in [0, 0.05) is 16.3 Å². The number of anilines is 1. The number of hydrogen-bond acceptors (Lipinski definition) is 4. The Morgan fingerprint density at radius 1 is 1.10 bits per heavy atom. The molecule has 0 atom stereocenters. The van der Waals surface area contributed by atoms with Crippen molar-refractivity contribution in [2.24, 2.45) is 5.73 Å². The van der Waals surface area contributed by atoms with Gasteiger partial charge in [0.25, 0.3) is 11.8 Å². The van der Waals surface area contributed by atoms with Gasteiger partial charge in [0.1, 0.15) is 0 Å². The van der Waals surface area contributed by atoms with Crippen molar-refractivity contribution in [1.29, 1.82) is 0 Å². The van der Waals surface area contributed by atoms with E-state index >= 15 is 0 Å². The maximum absolute atomic E-state index is 13.0. The lowest BCUT2D eigenvalue weighted by molar-refractivity contribution is -0.117. The summed E-state index contributed by atoms with van der Waals surface area (Å²) in [5.74, 6) is -1.46. The fraction of sp³-hybridized carbons (Fsp3) is 0.182. The minimum absolute atomic E-state index is 0.00754. The second kappa shape index (κ2) is 9.44. The predicted molar refractivity (Wildman–Crippen MR) is 119 cm³/mol. The molecule has 0 aliphatic rings. The van der Waals surface area contributed by atoms with Crippen LogP contribution in [-0.2, 0) is 4.79 Å². The minimum atomic E-state index is -0.643. The van der Waals surface area contributed by atoms with Gasteiger partial charge in [-0.3, -0.25) is 14.4 Å². The lowest BCUT2D eigenvalue weighted by atomic mass is 10.0. The second-order valence-electron chi connectivity index (χ2n) is 7.17. The average molecular weight is 440 g/mol. The lowest BCUT2D eigenvalue weighted by Gasteiger charge is -2.13. The minimum Gasteiger partial charge on any atom is -0.368 e. The van der Waals surface area contributed by atoms with E-state index in [1.165, 1.54) is 12.3 Å². The Bertz CT molecular complexity index is 1140. The normalized spacial score (nSPS) is 10.7. The third-order valence-electron chi connectivity index (χ3n) is 4.46. The number of carbonyl (C=O) groups excluding carboxylic acids is 3. The third kappa shape index (κ3) is 5.29. The van der Waals surface area contributed by atoms with E-state index in [-0.39, 0.29) is 23.9 Å². The Hall–Kier alpha value is -3.65. The van der Waals surface area contributed by atoms with Crippen LogP contribution in [0.1, 0.15) is 46.2 Å². The number of halogens is 1. The van der Waals surface area contributed by atoms with Crippen molar-refractivity contribution in [1.82, 2.24) is 15.1 Å². The number of amides is 3. The fourth-order valence-electron chi connectivity index (χ4n) is 3.11. The summed E-state index contributed by atoms with van der Waals surface area (Å²) in [6.07, 6.45) is 1.51. The Morgan fingerprint density at radius 2 is 1.84 bits per heavy atom. The van der Waals surface area contributed by atoms with E-state index in [2.05, 4.69) is 15.7 Å². The van der Waals surface area contributed by atoms with Gasteiger partial charge in [-0.05, 0) is 42.3 Å². The molecule has 160 valence electrons. The van der Waals surface area contributed by atoms with Crippen LogP contribution < -0.4 is 16.4 Å². The molecular weight excluding hydrogens is 418 g/mol. The number of benzene rings is 2. The van der Waals surface area contributed by atoms with Crippen LogP contribution in [0.15, 0.2) is 54.7 Å². The van der Waals surface area contributed by atoms with E-state index in [4.69, 9.17) is 17.3 Å². The molecule has 1 aromatic heterocycles. The van der Waals surface area contributed by atoms with Crippen molar-refractivity contribution in [3.63, 3.8) is 0 Å². The van der Waals surface area contributed by atoms with Crippen molar-refractivity contribution >= 4 is 35.0 Å². The van der Waals surface area contributed by atoms with E-state index in [1.54, 1.807) is 35.0 Å². The first kappa shape index (κ1) is 22.0. The van der Waals surface area contributed by atoms with Crippen LogP contribution in [0.3, 0.4) is 0 Å². The van der Waals surface area contributed by atoms with Gasteiger partial charge >= 0.3 is 0 Å². The van der Waals surface area contributed by atoms with Crippen molar-refractivity contribution in [3.8, 4) is 5.69 Å². The Balaban J connectivity index is 1.85. The van der Waals surface area contributed by atoms with Gasteiger partial charge in [-0.25, -0.2) is 4.68 Å². The summed E-state index contributed by atoms with van der Waals surface area (Å²) in [6, 6.07) is 13.6. The van der Waals surface area contributed by atoms with Gasteiger partial charge in [0.05, 0.1) is 29.7 Å². The Labute approximate surface area is 184 Å². The van der Waals surface area contributed by atoms with Crippen LogP contribution >= 0.6 is 11.6 Å². The zero-order valence-electron chi connectivity index (χ0n) is 17.1. The maximum atomic E-state index is 13.0. The molecule has 0 spiro atoms. The van der Waals surface area contributed by atoms with E-state index < -0.39 is 11.8 Å². The molecule has 3 aromatic rings. The van der Waals surface area contributed by atoms with Gasteiger partial charge in [-0.15, -0.1) is 0 Å². The molecule has 1 heterocycles. The smallest absolute Gasteiger partial charge is 0.259 e. The summed E-state index contributed by atoms with van der Waals surface area (Å²) >= 11 is 6.10. The topological polar surface area (TPSA) is 119 Å². The van der Waals surface area contributed by atoms with Crippen molar-refractivity contribution < 1.29 is 14.4 Å². The lowest BCUT2D eigenvalue weighted by Crippen LogP contribution is -2.33. The first-order valence-electron chi connectivity index (χ1n) is 9.58. The monoisotopic (exact) mass is 439 g/mol. The number of hydrogen-bond donors (Lipinski definition) is 3. The number of nitrogens with one attached hydrogen (secondary N) is 2. The van der Waals surface area contributed by atoms with E-state index in [9.17, 15) is 14.4 Å². The number of aromatic nitrogens is 2. The molecule has 3 amide bonds. The van der Waals surface area contributed by atoms with E-state index in [1.807, 2.05) is 26.0 Å². The van der Waals surface area contributed by atoms with Crippen LogP contribution in [0.2, 0.25) is 5.02 Å².